The van der Waals surface area contributed by atoms with E-state index in [0.29, 0.717) is 12.8 Å². The van der Waals surface area contributed by atoms with Gasteiger partial charge in [-0.15, -0.1) is 0 Å². The number of hydrogen-bond donors (Lipinski definition) is 3. The van der Waals surface area contributed by atoms with Crippen LogP contribution in [0.2, 0.25) is 0 Å². The average Bonchev–Trinajstić information content (AvgIpc) is 2.81. The summed E-state index contributed by atoms with van der Waals surface area (Å²) in [7, 11) is 0. The molecule has 0 unspecified atom stereocenters. The van der Waals surface area contributed by atoms with E-state index in [1.165, 1.54) is 6.33 Å². The Morgan fingerprint density at radius 3 is 2.65 bits per heavy atom. The van der Waals surface area contributed by atoms with Crippen LogP contribution in [0.1, 0.15) is 12.8 Å². The number of nitrogens with one attached hydrogen (secondary N) is 2. The molecule has 1 aliphatic rings. The number of allylic oxidation sites excluding steroid dienone is 2. The predicted octanol–water partition coefficient (Wildman–Crippen LogP) is 0.410. The van der Waals surface area contributed by atoms with Crippen molar-refractivity contribution in [3.63, 3.8) is 0 Å². The lowest BCUT2D eigenvalue weighted by atomic mass is 9.82. The summed E-state index contributed by atoms with van der Waals surface area (Å²) in [6, 6.07) is 0. The maximum atomic E-state index is 11.9. The Hall–Kier alpha value is -2.18. The lowest BCUT2D eigenvalue weighted by molar-refractivity contribution is -0.146. The van der Waals surface area contributed by atoms with Crippen LogP contribution in [-0.4, -0.2) is 32.2 Å². The fraction of sp³-hybridized carbons (Fsp3) is 0.400. The standard InChI is InChI=1S/C10H12N4O3/c15-8(13-10-11-5-12-14-10)6-3-1-2-4-7(6)9(16)17/h1-2,5-7H,3-4H2,(H,16,17)(H2,11,12,13,14,15)/t6-,7-/m0/s1. The zero-order valence-electron chi connectivity index (χ0n) is 8.96. The Morgan fingerprint density at radius 1 is 1.35 bits per heavy atom. The fourth-order valence-electron chi connectivity index (χ4n) is 1.85. The highest BCUT2D eigenvalue weighted by molar-refractivity contribution is 5.94. The number of anilines is 1. The Kier molecular flexibility index (Phi) is 3.17. The van der Waals surface area contributed by atoms with Crippen molar-refractivity contribution in [2.45, 2.75) is 12.8 Å². The summed E-state index contributed by atoms with van der Waals surface area (Å²) >= 11 is 0. The number of aliphatic carboxylic acids is 1. The van der Waals surface area contributed by atoms with Crippen molar-refractivity contribution in [3.05, 3.63) is 18.5 Å². The normalized spacial score (nSPS) is 23.3. The largest absolute Gasteiger partial charge is 0.481 e. The molecule has 1 aliphatic carbocycles. The van der Waals surface area contributed by atoms with Crippen molar-refractivity contribution in [2.75, 3.05) is 5.32 Å². The number of amides is 1. The number of H-pyrrole nitrogens is 1. The highest BCUT2D eigenvalue weighted by Gasteiger charge is 2.34. The van der Waals surface area contributed by atoms with E-state index in [1.54, 1.807) is 6.08 Å². The van der Waals surface area contributed by atoms with Crippen LogP contribution >= 0.6 is 0 Å². The number of carbonyl (C=O) groups is 2. The molecule has 1 aromatic rings. The molecule has 0 saturated heterocycles. The van der Waals surface area contributed by atoms with Gasteiger partial charge in [0.15, 0.2) is 0 Å². The molecule has 3 N–H and O–H groups in total. The molecule has 1 amide bonds. The van der Waals surface area contributed by atoms with Gasteiger partial charge in [0.2, 0.25) is 11.9 Å². The number of aromatic amines is 1. The first kappa shape index (κ1) is 11.3. The van der Waals surface area contributed by atoms with Crippen molar-refractivity contribution in [3.8, 4) is 0 Å². The molecule has 1 heterocycles. The Bertz CT molecular complexity index is 440. The van der Waals surface area contributed by atoms with E-state index >= 15 is 0 Å². The van der Waals surface area contributed by atoms with Crippen molar-refractivity contribution in [1.82, 2.24) is 15.2 Å². The van der Waals surface area contributed by atoms with Crippen molar-refractivity contribution in [1.29, 1.82) is 0 Å². The fourth-order valence-corrected chi connectivity index (χ4v) is 1.85. The third-order valence-corrected chi connectivity index (χ3v) is 2.74. The van der Waals surface area contributed by atoms with E-state index in [1.807, 2.05) is 6.08 Å². The smallest absolute Gasteiger partial charge is 0.307 e. The maximum absolute atomic E-state index is 11.9. The van der Waals surface area contributed by atoms with Crippen LogP contribution in [0.25, 0.3) is 0 Å². The lowest BCUT2D eigenvalue weighted by Crippen LogP contribution is -2.35. The lowest BCUT2D eigenvalue weighted by Gasteiger charge is -2.23. The van der Waals surface area contributed by atoms with Gasteiger partial charge in [-0.05, 0) is 12.8 Å². The van der Waals surface area contributed by atoms with E-state index in [-0.39, 0.29) is 11.9 Å². The number of aromatic nitrogens is 3. The number of carboxylic acid groups (broad SMARTS) is 1. The molecule has 7 heteroatoms. The van der Waals surface area contributed by atoms with E-state index in [9.17, 15) is 9.59 Å². The Labute approximate surface area is 96.9 Å². The quantitative estimate of drug-likeness (QED) is 0.659. The van der Waals surface area contributed by atoms with Crippen LogP contribution in [0.3, 0.4) is 0 Å². The second-order valence-electron chi connectivity index (χ2n) is 3.82. The Morgan fingerprint density at radius 2 is 2.06 bits per heavy atom. The molecule has 90 valence electrons. The summed E-state index contributed by atoms with van der Waals surface area (Å²) in [4.78, 5) is 26.7. The maximum Gasteiger partial charge on any atom is 0.307 e. The molecule has 0 aliphatic heterocycles. The van der Waals surface area contributed by atoms with Crippen LogP contribution in [0.15, 0.2) is 18.5 Å². The molecule has 0 fully saturated rings. The van der Waals surface area contributed by atoms with Gasteiger partial charge in [0, 0.05) is 0 Å². The highest BCUT2D eigenvalue weighted by atomic mass is 16.4. The molecule has 1 aromatic heterocycles. The van der Waals surface area contributed by atoms with Gasteiger partial charge in [-0.2, -0.15) is 10.1 Å². The van der Waals surface area contributed by atoms with Gasteiger partial charge in [-0.25, -0.2) is 5.10 Å². The monoisotopic (exact) mass is 236 g/mol. The summed E-state index contributed by atoms with van der Waals surface area (Å²) in [6.07, 6.45) is 5.69. The van der Waals surface area contributed by atoms with Crippen molar-refractivity contribution < 1.29 is 14.7 Å². The minimum atomic E-state index is -0.952. The predicted molar refractivity (Wildman–Crippen MR) is 58.0 cm³/mol. The second-order valence-corrected chi connectivity index (χ2v) is 3.82. The number of carbonyl (C=O) groups excluding carboxylic acids is 1. The molecular weight excluding hydrogens is 224 g/mol. The summed E-state index contributed by atoms with van der Waals surface area (Å²) in [6.45, 7) is 0. The van der Waals surface area contributed by atoms with Crippen LogP contribution in [0, 0.1) is 11.8 Å². The Balaban J connectivity index is 2.07. The molecule has 17 heavy (non-hydrogen) atoms. The summed E-state index contributed by atoms with van der Waals surface area (Å²) in [5.74, 6) is -2.32. The van der Waals surface area contributed by atoms with Crippen molar-refractivity contribution >= 4 is 17.8 Å². The summed E-state index contributed by atoms with van der Waals surface area (Å²) in [5.41, 5.74) is 0. The molecule has 0 bridgehead atoms. The van der Waals surface area contributed by atoms with E-state index in [0.717, 1.165) is 0 Å². The van der Waals surface area contributed by atoms with E-state index < -0.39 is 17.8 Å². The number of hydrogen-bond acceptors (Lipinski definition) is 4. The molecule has 7 nitrogen and oxygen atoms in total. The van der Waals surface area contributed by atoms with Crippen LogP contribution in [0.4, 0.5) is 5.95 Å². The minimum Gasteiger partial charge on any atom is -0.481 e. The SMILES string of the molecule is O=C(O)[C@H]1CC=CC[C@@H]1C(=O)Nc1ncn[nH]1. The first-order valence-electron chi connectivity index (χ1n) is 5.22. The first-order valence-corrected chi connectivity index (χ1v) is 5.22. The first-order chi connectivity index (χ1) is 8.18. The van der Waals surface area contributed by atoms with Crippen LogP contribution < -0.4 is 5.32 Å². The van der Waals surface area contributed by atoms with E-state index in [4.69, 9.17) is 5.11 Å². The second kappa shape index (κ2) is 4.77. The van der Waals surface area contributed by atoms with Gasteiger partial charge in [0.1, 0.15) is 6.33 Å². The van der Waals surface area contributed by atoms with Crippen LogP contribution in [0.5, 0.6) is 0 Å². The third kappa shape index (κ3) is 2.49. The molecule has 0 radical (unpaired) electrons. The zero-order valence-corrected chi connectivity index (χ0v) is 8.96. The number of carboxylic acids is 1. The molecule has 0 aromatic carbocycles. The molecule has 2 rings (SSSR count). The minimum absolute atomic E-state index is 0.230. The van der Waals surface area contributed by atoms with Crippen LogP contribution in [-0.2, 0) is 9.59 Å². The molecule has 2 atom stereocenters. The summed E-state index contributed by atoms with van der Waals surface area (Å²) in [5, 5.41) is 17.6. The van der Waals surface area contributed by atoms with Gasteiger partial charge in [0.25, 0.3) is 0 Å². The third-order valence-electron chi connectivity index (χ3n) is 2.74. The van der Waals surface area contributed by atoms with Gasteiger partial charge >= 0.3 is 5.97 Å². The molecular formula is C10H12N4O3. The van der Waals surface area contributed by atoms with Crippen molar-refractivity contribution in [2.24, 2.45) is 11.8 Å². The van der Waals surface area contributed by atoms with Gasteiger partial charge < -0.3 is 5.11 Å². The van der Waals surface area contributed by atoms with Gasteiger partial charge in [-0.1, -0.05) is 12.2 Å². The van der Waals surface area contributed by atoms with Gasteiger partial charge in [-0.3, -0.25) is 14.9 Å². The number of nitrogens with zero attached hydrogens (tertiary/aromatic N) is 2. The molecule has 0 saturated carbocycles. The highest BCUT2D eigenvalue weighted by Crippen LogP contribution is 2.26. The number of rotatable bonds is 3. The zero-order chi connectivity index (χ0) is 12.3. The molecule has 0 spiro atoms. The van der Waals surface area contributed by atoms with E-state index in [2.05, 4.69) is 20.5 Å². The summed E-state index contributed by atoms with van der Waals surface area (Å²) < 4.78 is 0. The topological polar surface area (TPSA) is 108 Å². The van der Waals surface area contributed by atoms with Gasteiger partial charge in [0.05, 0.1) is 11.8 Å². The average molecular weight is 236 g/mol.